The van der Waals surface area contributed by atoms with Crippen molar-refractivity contribution in [2.75, 3.05) is 0 Å². The third kappa shape index (κ3) is 9.35. The summed E-state index contributed by atoms with van der Waals surface area (Å²) in [5.41, 5.74) is 12.0. The number of rotatable bonds is 14. The van der Waals surface area contributed by atoms with E-state index in [0.717, 1.165) is 0 Å². The molecule has 1 heterocycles. The van der Waals surface area contributed by atoms with E-state index in [1.807, 2.05) is 0 Å². The monoisotopic (exact) mass is 517 g/mol. The first-order valence-electron chi connectivity index (χ1n) is 11.3. The van der Waals surface area contributed by atoms with E-state index in [2.05, 4.69) is 25.9 Å². The van der Waals surface area contributed by atoms with Gasteiger partial charge in [0, 0.05) is 24.7 Å². The first-order chi connectivity index (χ1) is 17.5. The molecule has 2 rings (SSSR count). The van der Waals surface area contributed by atoms with Crippen LogP contribution in [0.1, 0.15) is 24.6 Å². The molecule has 0 aliphatic rings. The summed E-state index contributed by atoms with van der Waals surface area (Å²) >= 11 is 0. The van der Waals surface area contributed by atoms with Gasteiger partial charge in [-0.25, -0.2) is 9.78 Å². The summed E-state index contributed by atoms with van der Waals surface area (Å²) in [6.45, 7) is 1.30. The molecule has 1 aromatic heterocycles. The minimum Gasteiger partial charge on any atom is -0.480 e. The number of aromatic nitrogens is 2. The van der Waals surface area contributed by atoms with E-state index in [9.17, 15) is 34.2 Å². The summed E-state index contributed by atoms with van der Waals surface area (Å²) in [6, 6.07) is 3.03. The molecule has 1 aromatic carbocycles. The summed E-state index contributed by atoms with van der Waals surface area (Å²) in [6.07, 6.45) is 0.788. The van der Waals surface area contributed by atoms with E-state index >= 15 is 0 Å². The van der Waals surface area contributed by atoms with E-state index in [4.69, 9.17) is 11.5 Å². The van der Waals surface area contributed by atoms with Crippen molar-refractivity contribution >= 4 is 29.6 Å². The van der Waals surface area contributed by atoms with Gasteiger partial charge >= 0.3 is 5.97 Å². The molecule has 0 fully saturated rings. The number of carboxylic acids is 1. The molecule has 200 valence electrons. The van der Waals surface area contributed by atoms with Gasteiger partial charge in [-0.3, -0.25) is 19.2 Å². The van der Waals surface area contributed by atoms with Gasteiger partial charge in [-0.05, 0) is 12.5 Å². The van der Waals surface area contributed by atoms with Gasteiger partial charge in [0.25, 0.3) is 0 Å². The van der Waals surface area contributed by atoms with Crippen molar-refractivity contribution < 1.29 is 34.2 Å². The highest BCUT2D eigenvalue weighted by molar-refractivity contribution is 5.96. The second kappa shape index (κ2) is 13.7. The quantitative estimate of drug-likeness (QED) is 0.130. The van der Waals surface area contributed by atoms with Gasteiger partial charge in [0.1, 0.15) is 24.2 Å². The highest BCUT2D eigenvalue weighted by Gasteiger charge is 2.32. The number of benzene rings is 1. The highest BCUT2D eigenvalue weighted by atomic mass is 16.4. The number of aromatic amines is 1. The molecule has 4 amide bonds. The lowest BCUT2D eigenvalue weighted by atomic mass is 10.0. The van der Waals surface area contributed by atoms with Crippen molar-refractivity contribution in [3.05, 3.63) is 54.1 Å². The minimum atomic E-state index is -1.53. The number of nitrogens with one attached hydrogen (secondary N) is 4. The number of H-pyrrole nitrogens is 1. The van der Waals surface area contributed by atoms with Crippen molar-refractivity contribution in [1.82, 2.24) is 25.9 Å². The molecule has 2 aromatic rings. The van der Waals surface area contributed by atoms with E-state index in [-0.39, 0.29) is 12.8 Å². The molecule has 5 unspecified atom stereocenters. The number of aliphatic hydroxyl groups is 1. The van der Waals surface area contributed by atoms with Crippen LogP contribution in [0, 0.1) is 0 Å². The molecule has 14 nitrogen and oxygen atoms in total. The summed E-state index contributed by atoms with van der Waals surface area (Å²) < 4.78 is 0. The normalized spacial score (nSPS) is 14.9. The molecule has 10 N–H and O–H groups in total. The van der Waals surface area contributed by atoms with Crippen LogP contribution in [0.2, 0.25) is 0 Å². The number of amides is 4. The van der Waals surface area contributed by atoms with Crippen LogP contribution in [-0.2, 0) is 36.8 Å². The third-order valence-electron chi connectivity index (χ3n) is 5.37. The Morgan fingerprint density at radius 2 is 1.54 bits per heavy atom. The number of aliphatic carboxylic acids is 1. The lowest BCUT2D eigenvalue weighted by molar-refractivity contribution is -0.142. The average Bonchev–Trinajstić information content (AvgIpc) is 3.35. The van der Waals surface area contributed by atoms with Crippen molar-refractivity contribution in [2.45, 2.75) is 56.5 Å². The summed E-state index contributed by atoms with van der Waals surface area (Å²) in [7, 11) is 0. The molecule has 0 radical (unpaired) electrons. The second-order valence-electron chi connectivity index (χ2n) is 8.43. The van der Waals surface area contributed by atoms with Gasteiger partial charge in [-0.2, -0.15) is 0 Å². The highest BCUT2D eigenvalue weighted by Crippen LogP contribution is 2.06. The van der Waals surface area contributed by atoms with E-state index in [1.54, 1.807) is 30.3 Å². The molecule has 0 bridgehead atoms. The Balaban J connectivity index is 2.19. The molecular formula is C23H31N7O7. The Kier molecular flexibility index (Phi) is 10.7. The number of carbonyl (C=O) groups is 5. The minimum absolute atomic E-state index is 0.0467. The Morgan fingerprint density at radius 1 is 0.946 bits per heavy atom. The van der Waals surface area contributed by atoms with E-state index in [1.165, 1.54) is 19.4 Å². The van der Waals surface area contributed by atoms with Crippen LogP contribution >= 0.6 is 0 Å². The largest absolute Gasteiger partial charge is 0.480 e. The molecule has 0 saturated heterocycles. The van der Waals surface area contributed by atoms with Gasteiger partial charge < -0.3 is 42.6 Å². The molecular weight excluding hydrogens is 486 g/mol. The SMILES string of the molecule is CC(O)C(N)C(=O)NC(Cc1cnc[nH]1)C(=O)NC(CC(N)=O)C(=O)NC(Cc1ccccc1)C(=O)O. The lowest BCUT2D eigenvalue weighted by Gasteiger charge is -2.25. The summed E-state index contributed by atoms with van der Waals surface area (Å²) in [5, 5.41) is 26.2. The number of nitrogens with zero attached hydrogens (tertiary/aromatic N) is 1. The Labute approximate surface area is 212 Å². The zero-order chi connectivity index (χ0) is 27.5. The zero-order valence-electron chi connectivity index (χ0n) is 20.1. The standard InChI is InChI=1S/C23H31N7O7/c1-12(31)19(25)22(35)29-15(8-14-10-26-11-27-14)20(33)28-16(9-18(24)32)21(34)30-17(23(36)37)7-13-5-3-2-4-6-13/h2-6,10-12,15-17,19,31H,7-9,25H2,1H3,(H2,24,32)(H,26,27)(H,28,33)(H,29,35)(H,30,34)(H,36,37). The van der Waals surface area contributed by atoms with Gasteiger partial charge in [0.05, 0.1) is 18.9 Å². The molecule has 0 aliphatic carbocycles. The van der Waals surface area contributed by atoms with Crippen LogP contribution < -0.4 is 27.4 Å². The van der Waals surface area contributed by atoms with Crippen LogP contribution in [0.5, 0.6) is 0 Å². The average molecular weight is 518 g/mol. The van der Waals surface area contributed by atoms with Gasteiger partial charge in [0.15, 0.2) is 0 Å². The van der Waals surface area contributed by atoms with E-state index in [0.29, 0.717) is 11.3 Å². The maximum Gasteiger partial charge on any atom is 0.326 e. The predicted molar refractivity (Wildman–Crippen MR) is 129 cm³/mol. The first kappa shape index (κ1) is 28.9. The number of primary amides is 1. The fourth-order valence-electron chi connectivity index (χ4n) is 3.32. The smallest absolute Gasteiger partial charge is 0.326 e. The van der Waals surface area contributed by atoms with Gasteiger partial charge in [-0.15, -0.1) is 0 Å². The molecule has 5 atom stereocenters. The predicted octanol–water partition coefficient (Wildman–Crippen LogP) is -2.68. The first-order valence-corrected chi connectivity index (χ1v) is 11.3. The molecule has 0 aliphatic heterocycles. The Morgan fingerprint density at radius 3 is 2.08 bits per heavy atom. The molecule has 0 saturated carbocycles. The molecule has 37 heavy (non-hydrogen) atoms. The van der Waals surface area contributed by atoms with Crippen molar-refractivity contribution in [3.8, 4) is 0 Å². The fraction of sp³-hybridized carbons (Fsp3) is 0.391. The van der Waals surface area contributed by atoms with Crippen molar-refractivity contribution in [3.63, 3.8) is 0 Å². The van der Waals surface area contributed by atoms with Crippen LogP contribution in [0.25, 0.3) is 0 Å². The fourth-order valence-corrected chi connectivity index (χ4v) is 3.32. The van der Waals surface area contributed by atoms with Crippen LogP contribution in [0.15, 0.2) is 42.9 Å². The van der Waals surface area contributed by atoms with Crippen molar-refractivity contribution in [1.29, 1.82) is 0 Å². The Hall–Kier alpha value is -4.30. The van der Waals surface area contributed by atoms with Crippen LogP contribution in [0.4, 0.5) is 0 Å². The van der Waals surface area contributed by atoms with Crippen LogP contribution in [0.3, 0.4) is 0 Å². The summed E-state index contributed by atoms with van der Waals surface area (Å²) in [5.74, 6) is -4.92. The third-order valence-corrected chi connectivity index (χ3v) is 5.37. The number of carboxylic acid groups (broad SMARTS) is 1. The van der Waals surface area contributed by atoms with Gasteiger partial charge in [-0.1, -0.05) is 30.3 Å². The van der Waals surface area contributed by atoms with E-state index < -0.39 is 66.3 Å². The number of hydrogen-bond donors (Lipinski definition) is 8. The summed E-state index contributed by atoms with van der Waals surface area (Å²) in [4.78, 5) is 68.4. The van der Waals surface area contributed by atoms with Crippen LogP contribution in [-0.4, -0.2) is 80.1 Å². The molecule has 14 heteroatoms. The number of aliphatic hydroxyl groups excluding tert-OH is 1. The Bertz CT molecular complexity index is 1080. The number of nitrogens with two attached hydrogens (primary N) is 2. The lowest BCUT2D eigenvalue weighted by Crippen LogP contribution is -2.59. The number of carbonyl (C=O) groups excluding carboxylic acids is 4. The van der Waals surface area contributed by atoms with Gasteiger partial charge in [0.2, 0.25) is 23.6 Å². The maximum atomic E-state index is 13.1. The maximum absolute atomic E-state index is 13.1. The molecule has 0 spiro atoms. The van der Waals surface area contributed by atoms with Crippen molar-refractivity contribution in [2.24, 2.45) is 11.5 Å². The number of imidazole rings is 1. The number of hydrogen-bond acceptors (Lipinski definition) is 8. The topological polar surface area (TPSA) is 243 Å². The second-order valence-corrected chi connectivity index (χ2v) is 8.43. The zero-order valence-corrected chi connectivity index (χ0v) is 20.1.